The highest BCUT2D eigenvalue weighted by molar-refractivity contribution is 6.03. The van der Waals surface area contributed by atoms with E-state index in [0.29, 0.717) is 0 Å². The van der Waals surface area contributed by atoms with E-state index < -0.39 is 0 Å². The maximum atomic E-state index is 2.41. The maximum Gasteiger partial charge on any atom is 0.0540 e. The second-order valence-corrected chi connectivity index (χ2v) is 13.9. The Morgan fingerprint density at radius 2 is 0.927 bits per heavy atom. The van der Waals surface area contributed by atoms with Crippen molar-refractivity contribution in [1.29, 1.82) is 0 Å². The number of anilines is 3. The van der Waals surface area contributed by atoms with Crippen LogP contribution in [0, 0.1) is 13.8 Å². The number of hydrogen-bond donors (Lipinski definition) is 0. The second-order valence-electron chi connectivity index (χ2n) is 13.9. The third kappa shape index (κ3) is 7.88. The summed E-state index contributed by atoms with van der Waals surface area (Å²) in [6, 6.07) is 71.5. The lowest BCUT2D eigenvalue weighted by Gasteiger charge is -2.29. The summed E-state index contributed by atoms with van der Waals surface area (Å²) in [4.78, 5) is 2.41. The standard InChI is InChI=1S/C54H43N/c1-40-30-36-53(41(2)38-40)55(48-34-31-42(32-35-48)39-52(45-22-11-5-12-23-45)46-24-13-6-14-25-46)54-37-33-47(50-27-15-16-28-51(50)54)26-17-29-49(43-18-7-3-8-19-43)44-20-9-4-10-21-44/h3-39H,1-2H3/b26-17+. The van der Waals surface area contributed by atoms with Crippen molar-refractivity contribution in [2.45, 2.75) is 13.8 Å². The van der Waals surface area contributed by atoms with E-state index in [4.69, 9.17) is 0 Å². The van der Waals surface area contributed by atoms with Crippen LogP contribution in [-0.4, -0.2) is 0 Å². The maximum absolute atomic E-state index is 2.41. The number of rotatable bonds is 10. The van der Waals surface area contributed by atoms with Crippen LogP contribution in [0.15, 0.2) is 212 Å². The topological polar surface area (TPSA) is 3.24 Å². The Kier molecular flexibility index (Phi) is 10.4. The summed E-state index contributed by atoms with van der Waals surface area (Å²) >= 11 is 0. The molecule has 0 spiro atoms. The summed E-state index contributed by atoms with van der Waals surface area (Å²) in [6.45, 7) is 4.37. The smallest absolute Gasteiger partial charge is 0.0540 e. The molecule has 0 saturated carbocycles. The van der Waals surface area contributed by atoms with Crippen molar-refractivity contribution in [3.05, 3.63) is 257 Å². The first kappa shape index (κ1) is 35.1. The zero-order valence-corrected chi connectivity index (χ0v) is 31.3. The van der Waals surface area contributed by atoms with Gasteiger partial charge in [0.2, 0.25) is 0 Å². The summed E-state index contributed by atoms with van der Waals surface area (Å²) < 4.78 is 0. The number of nitrogens with zero attached hydrogens (tertiary/aromatic N) is 1. The molecule has 0 aliphatic rings. The molecule has 0 N–H and O–H groups in total. The van der Waals surface area contributed by atoms with E-state index in [1.54, 1.807) is 0 Å². The average molecular weight is 706 g/mol. The predicted octanol–water partition coefficient (Wildman–Crippen LogP) is 14.7. The predicted molar refractivity (Wildman–Crippen MR) is 237 cm³/mol. The molecule has 0 aliphatic carbocycles. The van der Waals surface area contributed by atoms with Gasteiger partial charge in [-0.1, -0.05) is 200 Å². The Morgan fingerprint density at radius 1 is 0.436 bits per heavy atom. The first-order valence-corrected chi connectivity index (χ1v) is 18.9. The van der Waals surface area contributed by atoms with Gasteiger partial charge in [0, 0.05) is 16.8 Å². The Hall–Kier alpha value is -6.96. The Morgan fingerprint density at radius 3 is 1.47 bits per heavy atom. The van der Waals surface area contributed by atoms with Crippen LogP contribution in [0.5, 0.6) is 0 Å². The quantitative estimate of drug-likeness (QED) is 0.101. The van der Waals surface area contributed by atoms with E-state index in [2.05, 4.69) is 243 Å². The highest BCUT2D eigenvalue weighted by atomic mass is 15.1. The fraction of sp³-hybridized carbons (Fsp3) is 0.0370. The highest BCUT2D eigenvalue weighted by Crippen LogP contribution is 2.42. The SMILES string of the molecule is Cc1ccc(N(c2ccc(C=C(c3ccccc3)c3ccccc3)cc2)c2ccc(/C=C/C=C(c3ccccc3)c3ccccc3)c3ccccc23)c(C)c1. The first-order chi connectivity index (χ1) is 27.1. The van der Waals surface area contributed by atoms with Crippen LogP contribution >= 0.6 is 0 Å². The monoisotopic (exact) mass is 705 g/mol. The molecule has 55 heavy (non-hydrogen) atoms. The molecule has 0 radical (unpaired) electrons. The van der Waals surface area contributed by atoms with E-state index in [1.807, 2.05) is 0 Å². The van der Waals surface area contributed by atoms with E-state index in [-0.39, 0.29) is 0 Å². The van der Waals surface area contributed by atoms with Gasteiger partial charge in [0.1, 0.15) is 0 Å². The van der Waals surface area contributed by atoms with Gasteiger partial charge in [-0.3, -0.25) is 0 Å². The van der Waals surface area contributed by atoms with Crippen molar-refractivity contribution in [3.63, 3.8) is 0 Å². The fourth-order valence-electron chi connectivity index (χ4n) is 7.41. The molecule has 264 valence electrons. The number of aryl methyl sites for hydroxylation is 2. The van der Waals surface area contributed by atoms with E-state index in [9.17, 15) is 0 Å². The molecule has 0 bridgehead atoms. The minimum atomic E-state index is 1.11. The molecule has 0 aliphatic heterocycles. The van der Waals surface area contributed by atoms with Gasteiger partial charge in [-0.15, -0.1) is 0 Å². The third-order valence-corrected chi connectivity index (χ3v) is 10.1. The lowest BCUT2D eigenvalue weighted by Crippen LogP contribution is -2.12. The van der Waals surface area contributed by atoms with Crippen molar-refractivity contribution < 1.29 is 0 Å². The minimum Gasteiger partial charge on any atom is -0.310 e. The Labute approximate surface area is 325 Å². The fourth-order valence-corrected chi connectivity index (χ4v) is 7.41. The van der Waals surface area contributed by atoms with E-state index in [0.717, 1.165) is 22.6 Å². The molecule has 1 nitrogen and oxygen atoms in total. The summed E-state index contributed by atoms with van der Waals surface area (Å²) in [5, 5.41) is 2.40. The Bertz CT molecular complexity index is 2530. The van der Waals surface area contributed by atoms with Gasteiger partial charge in [-0.05, 0) is 99.7 Å². The summed E-state index contributed by atoms with van der Waals surface area (Å²) in [5.41, 5.74) is 15.4. The van der Waals surface area contributed by atoms with Crippen LogP contribution in [-0.2, 0) is 0 Å². The zero-order valence-electron chi connectivity index (χ0n) is 31.3. The van der Waals surface area contributed by atoms with E-state index in [1.165, 1.54) is 60.9 Å². The van der Waals surface area contributed by atoms with Crippen LogP contribution in [0.4, 0.5) is 17.1 Å². The molecule has 8 aromatic rings. The molecular weight excluding hydrogens is 663 g/mol. The van der Waals surface area contributed by atoms with Gasteiger partial charge in [-0.2, -0.15) is 0 Å². The minimum absolute atomic E-state index is 1.11. The number of hydrogen-bond acceptors (Lipinski definition) is 1. The van der Waals surface area contributed by atoms with Crippen molar-refractivity contribution in [2.24, 2.45) is 0 Å². The van der Waals surface area contributed by atoms with Crippen molar-refractivity contribution in [3.8, 4) is 0 Å². The van der Waals surface area contributed by atoms with E-state index >= 15 is 0 Å². The summed E-state index contributed by atoms with van der Waals surface area (Å²) in [7, 11) is 0. The molecule has 0 fully saturated rings. The molecule has 0 aromatic heterocycles. The number of benzene rings is 8. The summed E-state index contributed by atoms with van der Waals surface area (Å²) in [5.74, 6) is 0. The first-order valence-electron chi connectivity index (χ1n) is 18.9. The molecule has 0 amide bonds. The largest absolute Gasteiger partial charge is 0.310 e. The average Bonchev–Trinajstić information content (AvgIpc) is 3.24. The molecule has 0 saturated heterocycles. The van der Waals surface area contributed by atoms with Crippen LogP contribution in [0.3, 0.4) is 0 Å². The lowest BCUT2D eigenvalue weighted by molar-refractivity contribution is 1.25. The Balaban J connectivity index is 1.21. The molecule has 0 unspecified atom stereocenters. The van der Waals surface area contributed by atoms with Gasteiger partial charge in [0.25, 0.3) is 0 Å². The normalized spacial score (nSPS) is 11.0. The molecule has 8 rings (SSSR count). The molecule has 1 heteroatoms. The van der Waals surface area contributed by atoms with Gasteiger partial charge in [-0.25, -0.2) is 0 Å². The van der Waals surface area contributed by atoms with Gasteiger partial charge >= 0.3 is 0 Å². The van der Waals surface area contributed by atoms with Crippen LogP contribution < -0.4 is 4.90 Å². The zero-order chi connectivity index (χ0) is 37.4. The molecule has 0 atom stereocenters. The summed E-state index contributed by atoms with van der Waals surface area (Å²) in [6.07, 6.45) is 8.94. The number of fused-ring (bicyclic) bond motifs is 1. The molecule has 0 heterocycles. The van der Waals surface area contributed by atoms with Crippen LogP contribution in [0.1, 0.15) is 44.5 Å². The molecular formula is C54H43N. The number of allylic oxidation sites excluding steroid dienone is 2. The third-order valence-electron chi connectivity index (χ3n) is 10.1. The highest BCUT2D eigenvalue weighted by Gasteiger charge is 2.18. The van der Waals surface area contributed by atoms with Gasteiger partial charge < -0.3 is 4.90 Å². The van der Waals surface area contributed by atoms with Crippen LogP contribution in [0.2, 0.25) is 0 Å². The lowest BCUT2D eigenvalue weighted by atomic mass is 9.95. The van der Waals surface area contributed by atoms with Gasteiger partial charge in [0.05, 0.1) is 5.69 Å². The second kappa shape index (κ2) is 16.4. The van der Waals surface area contributed by atoms with Crippen molar-refractivity contribution in [1.82, 2.24) is 0 Å². The van der Waals surface area contributed by atoms with Crippen molar-refractivity contribution >= 4 is 51.1 Å². The van der Waals surface area contributed by atoms with Gasteiger partial charge in [0.15, 0.2) is 0 Å². The van der Waals surface area contributed by atoms with Crippen LogP contribution in [0.25, 0.3) is 34.1 Å². The van der Waals surface area contributed by atoms with Crippen molar-refractivity contribution in [2.75, 3.05) is 4.90 Å². The molecule has 8 aromatic carbocycles.